The Bertz CT molecular complexity index is 302. The number of hydrogen-bond donors (Lipinski definition) is 0. The van der Waals surface area contributed by atoms with Crippen LogP contribution in [-0.2, 0) is 33.3 Å². The monoisotopic (exact) mass is 244 g/mol. The zero-order chi connectivity index (χ0) is 11.8. The average molecular weight is 244 g/mol. The normalized spacial score (nSPS) is 37.2. The van der Waals surface area contributed by atoms with Gasteiger partial charge in [-0.25, -0.2) is 9.59 Å². The van der Waals surface area contributed by atoms with Crippen LogP contribution >= 0.6 is 0 Å². The van der Waals surface area contributed by atoms with E-state index in [2.05, 4.69) is 0 Å². The van der Waals surface area contributed by atoms with E-state index < -0.39 is 24.1 Å². The van der Waals surface area contributed by atoms with Crippen LogP contribution in [0.2, 0.25) is 0 Å². The van der Waals surface area contributed by atoms with Gasteiger partial charge in [0.15, 0.2) is 12.2 Å². The van der Waals surface area contributed by atoms with Gasteiger partial charge in [0.1, 0.15) is 25.4 Å². The molecule has 7 nitrogen and oxygen atoms in total. The van der Waals surface area contributed by atoms with E-state index in [-0.39, 0.29) is 25.4 Å². The Morgan fingerprint density at radius 3 is 1.71 bits per heavy atom. The molecule has 3 saturated heterocycles. The minimum atomic E-state index is -0.818. The number of esters is 2. The summed E-state index contributed by atoms with van der Waals surface area (Å²) in [6.07, 6.45) is -1.62. The maximum Gasteiger partial charge on any atom is 0.338 e. The molecule has 0 aromatic heterocycles. The number of carbonyl (C=O) groups is 2. The molecule has 3 aliphatic rings. The third kappa shape index (κ3) is 2.93. The maximum absolute atomic E-state index is 11.4. The molecule has 4 atom stereocenters. The molecule has 17 heavy (non-hydrogen) atoms. The highest BCUT2D eigenvalue weighted by atomic mass is 16.7. The molecule has 3 rings (SSSR count). The van der Waals surface area contributed by atoms with Gasteiger partial charge in [-0.3, -0.25) is 0 Å². The van der Waals surface area contributed by atoms with Gasteiger partial charge >= 0.3 is 11.9 Å². The van der Waals surface area contributed by atoms with Crippen LogP contribution in [0.3, 0.4) is 0 Å². The molecule has 4 unspecified atom stereocenters. The summed E-state index contributed by atoms with van der Waals surface area (Å²) in [7, 11) is 0. The first-order valence-corrected chi connectivity index (χ1v) is 5.46. The third-order valence-corrected chi connectivity index (χ3v) is 2.58. The first-order chi connectivity index (χ1) is 8.24. The zero-order valence-corrected chi connectivity index (χ0v) is 9.00. The standard InChI is InChI=1S/C10H12O7/c11-9(15-3-5-1-13-5)7-8(17-7)10(12)16-4-6-2-14-6/h5-8H,1-4H2. The number of ether oxygens (including phenoxy) is 5. The topological polar surface area (TPSA) is 90.2 Å². The Balaban J connectivity index is 1.35. The average Bonchev–Trinajstić information content (AvgIpc) is 3.14. The van der Waals surface area contributed by atoms with Crippen molar-refractivity contribution < 1.29 is 33.3 Å². The maximum atomic E-state index is 11.4. The molecule has 0 N–H and O–H groups in total. The fourth-order valence-electron chi connectivity index (χ4n) is 1.31. The fraction of sp³-hybridized carbons (Fsp3) is 0.800. The lowest BCUT2D eigenvalue weighted by Gasteiger charge is -2.00. The Kier molecular flexibility index (Phi) is 2.73. The molecule has 3 aliphatic heterocycles. The SMILES string of the molecule is O=C(OCC1CO1)C1OC1C(=O)OCC1CO1. The Labute approximate surface area is 96.9 Å². The van der Waals surface area contributed by atoms with Crippen LogP contribution in [0.4, 0.5) is 0 Å². The number of epoxide rings is 3. The Morgan fingerprint density at radius 1 is 0.941 bits per heavy atom. The molecule has 0 spiro atoms. The lowest BCUT2D eigenvalue weighted by molar-refractivity contribution is -0.148. The second kappa shape index (κ2) is 4.25. The van der Waals surface area contributed by atoms with Crippen molar-refractivity contribution in [2.45, 2.75) is 24.4 Å². The van der Waals surface area contributed by atoms with Gasteiger partial charge in [-0.2, -0.15) is 0 Å². The lowest BCUT2D eigenvalue weighted by atomic mass is 10.3. The quantitative estimate of drug-likeness (QED) is 0.421. The van der Waals surface area contributed by atoms with E-state index in [9.17, 15) is 9.59 Å². The molecule has 0 saturated carbocycles. The summed E-state index contributed by atoms with van der Waals surface area (Å²) < 4.78 is 24.5. The zero-order valence-electron chi connectivity index (χ0n) is 9.00. The van der Waals surface area contributed by atoms with E-state index in [1.165, 1.54) is 0 Å². The van der Waals surface area contributed by atoms with Gasteiger partial charge in [0.25, 0.3) is 0 Å². The van der Waals surface area contributed by atoms with Crippen molar-refractivity contribution in [3.05, 3.63) is 0 Å². The predicted molar refractivity (Wildman–Crippen MR) is 50.1 cm³/mol. The fourth-order valence-corrected chi connectivity index (χ4v) is 1.31. The van der Waals surface area contributed by atoms with Crippen LogP contribution in [0.5, 0.6) is 0 Å². The highest BCUT2D eigenvalue weighted by Crippen LogP contribution is 2.25. The van der Waals surface area contributed by atoms with E-state index in [0.29, 0.717) is 13.2 Å². The van der Waals surface area contributed by atoms with Crippen LogP contribution in [0.25, 0.3) is 0 Å². The second-order valence-electron chi connectivity index (χ2n) is 4.15. The molecule has 7 heteroatoms. The summed E-state index contributed by atoms with van der Waals surface area (Å²) in [5.74, 6) is -1.07. The third-order valence-electron chi connectivity index (χ3n) is 2.58. The second-order valence-corrected chi connectivity index (χ2v) is 4.15. The molecular formula is C10H12O7. The summed E-state index contributed by atoms with van der Waals surface area (Å²) >= 11 is 0. The van der Waals surface area contributed by atoms with Crippen molar-refractivity contribution in [3.63, 3.8) is 0 Å². The molecule has 0 aliphatic carbocycles. The van der Waals surface area contributed by atoms with Crippen molar-refractivity contribution in [2.75, 3.05) is 26.4 Å². The summed E-state index contributed by atoms with van der Waals surface area (Å²) in [4.78, 5) is 22.7. The smallest absolute Gasteiger partial charge is 0.338 e. The summed E-state index contributed by atoms with van der Waals surface area (Å²) in [5, 5.41) is 0. The lowest BCUT2D eigenvalue weighted by Crippen LogP contribution is -2.22. The van der Waals surface area contributed by atoms with Gasteiger partial charge in [0, 0.05) is 0 Å². The molecule has 3 fully saturated rings. The van der Waals surface area contributed by atoms with E-state index in [1.807, 2.05) is 0 Å². The van der Waals surface area contributed by atoms with Gasteiger partial charge in [-0.05, 0) is 0 Å². The largest absolute Gasteiger partial charge is 0.461 e. The minimum Gasteiger partial charge on any atom is -0.461 e. The van der Waals surface area contributed by atoms with Crippen molar-refractivity contribution in [3.8, 4) is 0 Å². The van der Waals surface area contributed by atoms with Crippen molar-refractivity contribution in [2.24, 2.45) is 0 Å². The molecule has 0 amide bonds. The van der Waals surface area contributed by atoms with Gasteiger partial charge in [-0.1, -0.05) is 0 Å². The van der Waals surface area contributed by atoms with E-state index in [4.69, 9.17) is 23.7 Å². The first-order valence-electron chi connectivity index (χ1n) is 5.46. The molecular weight excluding hydrogens is 232 g/mol. The predicted octanol–water partition coefficient (Wildman–Crippen LogP) is -1.36. The summed E-state index contributed by atoms with van der Waals surface area (Å²) in [6.45, 7) is 1.67. The molecule has 0 radical (unpaired) electrons. The van der Waals surface area contributed by atoms with Crippen molar-refractivity contribution in [1.82, 2.24) is 0 Å². The highest BCUT2D eigenvalue weighted by molar-refractivity contribution is 5.89. The van der Waals surface area contributed by atoms with Gasteiger partial charge in [0.05, 0.1) is 13.2 Å². The molecule has 94 valence electrons. The molecule has 3 heterocycles. The minimum absolute atomic E-state index is 0.00937. The van der Waals surface area contributed by atoms with Crippen LogP contribution in [0.15, 0.2) is 0 Å². The van der Waals surface area contributed by atoms with Crippen LogP contribution in [-0.4, -0.2) is 62.8 Å². The number of hydrogen-bond acceptors (Lipinski definition) is 7. The Hall–Kier alpha value is -1.18. The molecule has 0 bridgehead atoms. The van der Waals surface area contributed by atoms with Crippen LogP contribution in [0, 0.1) is 0 Å². The van der Waals surface area contributed by atoms with E-state index >= 15 is 0 Å². The van der Waals surface area contributed by atoms with Crippen LogP contribution < -0.4 is 0 Å². The highest BCUT2D eigenvalue weighted by Gasteiger charge is 2.53. The van der Waals surface area contributed by atoms with E-state index in [1.54, 1.807) is 0 Å². The van der Waals surface area contributed by atoms with Crippen molar-refractivity contribution >= 4 is 11.9 Å². The van der Waals surface area contributed by atoms with Gasteiger partial charge < -0.3 is 23.7 Å². The number of rotatable bonds is 6. The number of carbonyl (C=O) groups excluding carboxylic acids is 2. The summed E-state index contributed by atoms with van der Waals surface area (Å²) in [5.41, 5.74) is 0. The Morgan fingerprint density at radius 2 is 1.35 bits per heavy atom. The van der Waals surface area contributed by atoms with Crippen molar-refractivity contribution in [1.29, 1.82) is 0 Å². The van der Waals surface area contributed by atoms with E-state index in [0.717, 1.165) is 0 Å². The molecule has 0 aromatic rings. The van der Waals surface area contributed by atoms with Gasteiger partial charge in [0.2, 0.25) is 0 Å². The van der Waals surface area contributed by atoms with Gasteiger partial charge in [-0.15, -0.1) is 0 Å². The first kappa shape index (κ1) is 10.9. The van der Waals surface area contributed by atoms with Crippen LogP contribution in [0.1, 0.15) is 0 Å². The summed E-state index contributed by atoms with van der Waals surface area (Å²) in [6, 6.07) is 0. The molecule has 0 aromatic carbocycles.